The van der Waals surface area contributed by atoms with Crippen LogP contribution in [0.5, 0.6) is 23.0 Å². The number of hydrogen-bond donors (Lipinski definition) is 6. The van der Waals surface area contributed by atoms with E-state index in [9.17, 15) is 30.6 Å². The molecule has 208 valence electrons. The molecule has 5 atom stereocenters. The maximum Gasteiger partial charge on any atom is 0.126 e. The lowest BCUT2D eigenvalue weighted by atomic mass is 9.71. The minimum Gasteiger partial charge on any atom is -0.496 e. The number of benzene rings is 2. The monoisotopic (exact) mass is 524 g/mol. The van der Waals surface area contributed by atoms with Gasteiger partial charge in [-0.25, -0.2) is 0 Å². The Bertz CT molecular complexity index is 955. The van der Waals surface area contributed by atoms with E-state index in [4.69, 9.17) is 18.9 Å². The van der Waals surface area contributed by atoms with Crippen molar-refractivity contribution in [1.82, 2.24) is 0 Å². The second kappa shape index (κ2) is 13.3. The molecule has 0 amide bonds. The third-order valence-corrected chi connectivity index (χ3v) is 6.73. The number of methoxy groups -OCH3 is 4. The molecule has 0 bridgehead atoms. The molecule has 2 rings (SSSR count). The molecule has 0 aromatic heterocycles. The number of ether oxygens (including phenoxy) is 4. The van der Waals surface area contributed by atoms with Gasteiger partial charge >= 0.3 is 0 Å². The van der Waals surface area contributed by atoms with Crippen LogP contribution in [0.2, 0.25) is 0 Å². The predicted molar refractivity (Wildman–Crippen MR) is 136 cm³/mol. The van der Waals surface area contributed by atoms with Gasteiger partial charge in [-0.05, 0) is 30.7 Å². The number of rotatable bonds is 15. The van der Waals surface area contributed by atoms with Crippen LogP contribution in [0.25, 0.3) is 0 Å². The van der Waals surface area contributed by atoms with E-state index < -0.39 is 42.5 Å². The van der Waals surface area contributed by atoms with Crippen LogP contribution in [0, 0.1) is 0 Å². The van der Waals surface area contributed by atoms with Crippen molar-refractivity contribution >= 4 is 0 Å². The first-order chi connectivity index (χ1) is 17.6. The Labute approximate surface area is 217 Å². The topological polar surface area (TPSA) is 158 Å². The zero-order valence-electron chi connectivity index (χ0n) is 22.0. The molecule has 0 aliphatic carbocycles. The summed E-state index contributed by atoms with van der Waals surface area (Å²) < 4.78 is 21.7. The first-order valence-electron chi connectivity index (χ1n) is 12.1. The fourth-order valence-corrected chi connectivity index (χ4v) is 4.81. The molecule has 2 aromatic rings. The summed E-state index contributed by atoms with van der Waals surface area (Å²) in [6.45, 7) is 0.893. The first kappa shape index (κ1) is 30.6. The zero-order valence-corrected chi connectivity index (χ0v) is 22.0. The second-order valence-electron chi connectivity index (χ2n) is 9.08. The quantitative estimate of drug-likeness (QED) is 0.197. The Morgan fingerprint density at radius 3 is 1.49 bits per heavy atom. The van der Waals surface area contributed by atoms with E-state index in [1.165, 1.54) is 28.4 Å². The maximum absolute atomic E-state index is 11.9. The highest BCUT2D eigenvalue weighted by molar-refractivity contribution is 5.47. The van der Waals surface area contributed by atoms with Gasteiger partial charge in [-0.2, -0.15) is 0 Å². The lowest BCUT2D eigenvalue weighted by Crippen LogP contribution is -2.66. The predicted octanol–water partition coefficient (Wildman–Crippen LogP) is 0.843. The maximum atomic E-state index is 11.9. The van der Waals surface area contributed by atoms with E-state index in [1.54, 1.807) is 43.3 Å². The van der Waals surface area contributed by atoms with Gasteiger partial charge in [0.05, 0.1) is 40.6 Å². The standard InChI is InChI=1S/C27H40O10/c1-6-13-26(32,14-17-20(34-2)9-7-10-21(17)35-3)25(31)27(33,24(30)19(29)16-28)15-18-22(36-4)11-8-12-23(18)37-5/h7-12,19,24-25,28-33H,6,13-16H2,1-5H3/t19-,24+,25+,26?,27+/m0/s1. The van der Waals surface area contributed by atoms with Gasteiger partial charge in [-0.1, -0.05) is 25.5 Å². The Hall–Kier alpha value is -2.60. The van der Waals surface area contributed by atoms with E-state index in [0.29, 0.717) is 35.0 Å². The van der Waals surface area contributed by atoms with Crippen LogP contribution in [-0.2, 0) is 12.8 Å². The van der Waals surface area contributed by atoms with Gasteiger partial charge in [0.15, 0.2) is 0 Å². The largest absolute Gasteiger partial charge is 0.496 e. The van der Waals surface area contributed by atoms with Crippen molar-refractivity contribution in [3.8, 4) is 23.0 Å². The Morgan fingerprint density at radius 1 is 0.730 bits per heavy atom. The Kier molecular flexibility index (Phi) is 11.0. The normalized spacial score (nSPS) is 17.2. The summed E-state index contributed by atoms with van der Waals surface area (Å²) in [5.41, 5.74) is -3.87. The molecule has 0 fully saturated rings. The fourth-order valence-electron chi connectivity index (χ4n) is 4.81. The van der Waals surface area contributed by atoms with Gasteiger partial charge in [-0.15, -0.1) is 0 Å². The van der Waals surface area contributed by atoms with Crippen LogP contribution in [0.1, 0.15) is 30.9 Å². The molecule has 37 heavy (non-hydrogen) atoms. The molecule has 0 aliphatic rings. The molecule has 1 unspecified atom stereocenters. The van der Waals surface area contributed by atoms with Crippen LogP contribution < -0.4 is 18.9 Å². The van der Waals surface area contributed by atoms with Crippen molar-refractivity contribution in [2.45, 2.75) is 62.1 Å². The van der Waals surface area contributed by atoms with Crippen molar-refractivity contribution in [3.05, 3.63) is 47.5 Å². The summed E-state index contributed by atoms with van der Waals surface area (Å²) in [6.07, 6.45) is -6.23. The summed E-state index contributed by atoms with van der Waals surface area (Å²) in [7, 11) is 5.74. The first-order valence-corrected chi connectivity index (χ1v) is 12.1. The molecular weight excluding hydrogens is 484 g/mol. The van der Waals surface area contributed by atoms with Crippen molar-refractivity contribution in [3.63, 3.8) is 0 Å². The third-order valence-electron chi connectivity index (χ3n) is 6.73. The van der Waals surface area contributed by atoms with Gasteiger partial charge in [0, 0.05) is 24.0 Å². The minimum atomic E-state index is -2.57. The summed E-state index contributed by atoms with van der Waals surface area (Å²) in [5.74, 6) is 1.38. The molecule has 10 nitrogen and oxygen atoms in total. The summed E-state index contributed by atoms with van der Waals surface area (Å²) in [5, 5.41) is 66.4. The van der Waals surface area contributed by atoms with E-state index in [0.717, 1.165) is 0 Å². The zero-order chi connectivity index (χ0) is 27.8. The minimum absolute atomic E-state index is 0.00266. The number of aliphatic hydroxyl groups is 6. The van der Waals surface area contributed by atoms with Gasteiger partial charge < -0.3 is 49.6 Å². The van der Waals surface area contributed by atoms with Crippen LogP contribution >= 0.6 is 0 Å². The Balaban J connectivity index is 2.70. The van der Waals surface area contributed by atoms with Crippen molar-refractivity contribution in [2.75, 3.05) is 35.0 Å². The molecule has 0 saturated heterocycles. The highest BCUT2D eigenvalue weighted by Crippen LogP contribution is 2.41. The number of aliphatic hydroxyl groups excluding tert-OH is 4. The second-order valence-corrected chi connectivity index (χ2v) is 9.08. The van der Waals surface area contributed by atoms with Crippen LogP contribution in [0.3, 0.4) is 0 Å². The van der Waals surface area contributed by atoms with Gasteiger partial charge in [0.2, 0.25) is 0 Å². The molecule has 0 aliphatic heterocycles. The smallest absolute Gasteiger partial charge is 0.126 e. The molecule has 6 N–H and O–H groups in total. The average molecular weight is 525 g/mol. The summed E-state index contributed by atoms with van der Waals surface area (Å²) in [4.78, 5) is 0. The molecule has 0 radical (unpaired) electrons. The van der Waals surface area contributed by atoms with Crippen LogP contribution in [0.4, 0.5) is 0 Å². The van der Waals surface area contributed by atoms with Crippen molar-refractivity contribution in [1.29, 1.82) is 0 Å². The van der Waals surface area contributed by atoms with Gasteiger partial charge in [-0.3, -0.25) is 0 Å². The van der Waals surface area contributed by atoms with E-state index >= 15 is 0 Å². The highest BCUT2D eigenvalue weighted by Gasteiger charge is 2.55. The third kappa shape index (κ3) is 6.46. The van der Waals surface area contributed by atoms with Crippen molar-refractivity contribution < 1.29 is 49.6 Å². The van der Waals surface area contributed by atoms with Gasteiger partial charge in [0.25, 0.3) is 0 Å². The molecule has 0 heterocycles. The van der Waals surface area contributed by atoms with Gasteiger partial charge in [0.1, 0.15) is 46.9 Å². The fraction of sp³-hybridized carbons (Fsp3) is 0.556. The van der Waals surface area contributed by atoms with Crippen LogP contribution in [-0.4, -0.2) is 95.2 Å². The molecule has 2 aromatic carbocycles. The average Bonchev–Trinajstić information content (AvgIpc) is 2.91. The van der Waals surface area contributed by atoms with E-state index in [1.807, 2.05) is 0 Å². The molecular formula is C27H40O10. The summed E-state index contributed by atoms with van der Waals surface area (Å²) >= 11 is 0. The molecule has 0 spiro atoms. The highest BCUT2D eigenvalue weighted by atomic mass is 16.5. The lowest BCUT2D eigenvalue weighted by Gasteiger charge is -2.46. The number of hydrogen-bond acceptors (Lipinski definition) is 10. The molecule has 0 saturated carbocycles. The lowest BCUT2D eigenvalue weighted by molar-refractivity contribution is -0.230. The van der Waals surface area contributed by atoms with Crippen molar-refractivity contribution in [2.24, 2.45) is 0 Å². The van der Waals surface area contributed by atoms with Crippen LogP contribution in [0.15, 0.2) is 36.4 Å². The van der Waals surface area contributed by atoms with E-state index in [-0.39, 0.29) is 18.4 Å². The SMILES string of the molecule is CCCC(O)(Cc1c(OC)cccc1OC)[C@@H](O)[C@@](O)(Cc1c(OC)cccc1OC)[C@H](O)[C@@H](O)CO. The summed E-state index contributed by atoms with van der Waals surface area (Å²) in [6, 6.07) is 9.94. The van der Waals surface area contributed by atoms with E-state index in [2.05, 4.69) is 0 Å². The molecule has 10 heteroatoms. The Morgan fingerprint density at radius 2 is 1.14 bits per heavy atom.